The first-order chi connectivity index (χ1) is 7.34. The number of sulfonamides is 1. The van der Waals surface area contributed by atoms with Crippen LogP contribution in [0.4, 0.5) is 0 Å². The molecular weight excluding hydrogens is 244 g/mol. The van der Waals surface area contributed by atoms with E-state index in [2.05, 4.69) is 4.72 Å². The molecule has 0 unspecified atom stereocenters. The molecular formula is C10H14N2O2S2. The first-order valence-corrected chi connectivity index (χ1v) is 6.65. The summed E-state index contributed by atoms with van der Waals surface area (Å²) in [4.78, 5) is 0.195. The van der Waals surface area contributed by atoms with Crippen molar-refractivity contribution in [3.8, 4) is 0 Å². The normalized spacial score (nSPS) is 11.7. The van der Waals surface area contributed by atoms with E-state index < -0.39 is 10.0 Å². The summed E-state index contributed by atoms with van der Waals surface area (Å²) in [7, 11) is -3.55. The maximum atomic E-state index is 11.9. The van der Waals surface area contributed by atoms with Crippen LogP contribution < -0.4 is 10.5 Å². The lowest BCUT2D eigenvalue weighted by molar-refractivity contribution is 0.569. The Labute approximate surface area is 101 Å². The van der Waals surface area contributed by atoms with E-state index in [1.54, 1.807) is 32.0 Å². The predicted octanol–water partition coefficient (Wildman–Crippen LogP) is 1.01. The highest BCUT2D eigenvalue weighted by Gasteiger charge is 2.19. The van der Waals surface area contributed by atoms with Gasteiger partial charge in [0.05, 0.1) is 4.90 Å². The number of nitrogens with two attached hydrogens (primary N) is 1. The largest absolute Gasteiger partial charge is 0.389 e. The van der Waals surface area contributed by atoms with Crippen molar-refractivity contribution >= 4 is 27.2 Å². The quantitative estimate of drug-likeness (QED) is 0.791. The van der Waals surface area contributed by atoms with Crippen molar-refractivity contribution in [2.24, 2.45) is 5.73 Å². The van der Waals surface area contributed by atoms with Gasteiger partial charge in [0.1, 0.15) is 4.99 Å². The van der Waals surface area contributed by atoms with Crippen LogP contribution in [0.1, 0.15) is 19.4 Å². The monoisotopic (exact) mass is 258 g/mol. The van der Waals surface area contributed by atoms with E-state index in [1.807, 2.05) is 0 Å². The van der Waals surface area contributed by atoms with Crippen molar-refractivity contribution in [2.45, 2.75) is 24.8 Å². The highest BCUT2D eigenvalue weighted by Crippen LogP contribution is 2.15. The van der Waals surface area contributed by atoms with Crippen molar-refractivity contribution in [3.63, 3.8) is 0 Å². The Hall–Kier alpha value is -0.980. The van der Waals surface area contributed by atoms with E-state index in [4.69, 9.17) is 18.0 Å². The van der Waals surface area contributed by atoms with Gasteiger partial charge in [-0.3, -0.25) is 0 Å². The van der Waals surface area contributed by atoms with Crippen molar-refractivity contribution in [3.05, 3.63) is 29.8 Å². The topological polar surface area (TPSA) is 72.2 Å². The molecule has 6 heteroatoms. The number of benzene rings is 1. The van der Waals surface area contributed by atoms with Gasteiger partial charge in [-0.1, -0.05) is 30.4 Å². The number of thiocarbonyl (C=S) groups is 1. The molecule has 0 aliphatic carbocycles. The zero-order valence-electron chi connectivity index (χ0n) is 9.10. The van der Waals surface area contributed by atoms with E-state index in [-0.39, 0.29) is 15.9 Å². The number of rotatable bonds is 4. The fraction of sp³-hybridized carbons (Fsp3) is 0.300. The second kappa shape index (κ2) is 4.90. The molecule has 0 radical (unpaired) electrons. The maximum absolute atomic E-state index is 11.9. The van der Waals surface area contributed by atoms with Crippen LogP contribution in [0.25, 0.3) is 0 Å². The van der Waals surface area contributed by atoms with Crippen LogP contribution in [0.2, 0.25) is 0 Å². The van der Waals surface area contributed by atoms with Crippen molar-refractivity contribution in [2.75, 3.05) is 0 Å². The molecule has 0 heterocycles. The zero-order valence-corrected chi connectivity index (χ0v) is 10.7. The SMILES string of the molecule is CC(C)NS(=O)(=O)c1ccccc1C(N)=S. The smallest absolute Gasteiger partial charge is 0.241 e. The van der Waals surface area contributed by atoms with Gasteiger partial charge in [-0.2, -0.15) is 0 Å². The lowest BCUT2D eigenvalue weighted by Crippen LogP contribution is -2.31. The van der Waals surface area contributed by atoms with Crippen molar-refractivity contribution in [1.82, 2.24) is 4.72 Å². The third-order valence-electron chi connectivity index (χ3n) is 1.83. The van der Waals surface area contributed by atoms with Crippen LogP contribution in [-0.2, 0) is 10.0 Å². The van der Waals surface area contributed by atoms with Gasteiger partial charge in [-0.25, -0.2) is 13.1 Å². The van der Waals surface area contributed by atoms with Crippen LogP contribution in [0.3, 0.4) is 0 Å². The lowest BCUT2D eigenvalue weighted by atomic mass is 10.2. The fourth-order valence-corrected chi connectivity index (χ4v) is 2.99. The van der Waals surface area contributed by atoms with E-state index in [1.165, 1.54) is 6.07 Å². The minimum atomic E-state index is -3.55. The van der Waals surface area contributed by atoms with Gasteiger partial charge in [0.25, 0.3) is 0 Å². The lowest BCUT2D eigenvalue weighted by Gasteiger charge is -2.12. The molecule has 0 saturated carbocycles. The number of hydrogen-bond acceptors (Lipinski definition) is 3. The van der Waals surface area contributed by atoms with Gasteiger partial charge in [-0.05, 0) is 19.9 Å². The minimum absolute atomic E-state index is 0.0738. The molecule has 1 aromatic rings. The van der Waals surface area contributed by atoms with Gasteiger partial charge >= 0.3 is 0 Å². The standard InChI is InChI=1S/C10H14N2O2S2/c1-7(2)12-16(13,14)9-6-4-3-5-8(9)10(11)15/h3-7,12H,1-2H3,(H2,11,15). The number of hydrogen-bond donors (Lipinski definition) is 2. The molecule has 0 bridgehead atoms. The Bertz CT molecular complexity index is 495. The van der Waals surface area contributed by atoms with E-state index in [0.717, 1.165) is 0 Å². The van der Waals surface area contributed by atoms with Crippen LogP contribution >= 0.6 is 12.2 Å². The molecule has 0 aromatic heterocycles. The summed E-state index contributed by atoms with van der Waals surface area (Å²) in [6.07, 6.45) is 0. The molecule has 0 fully saturated rings. The zero-order chi connectivity index (χ0) is 12.3. The summed E-state index contributed by atoms with van der Waals surface area (Å²) in [5.41, 5.74) is 5.85. The highest BCUT2D eigenvalue weighted by atomic mass is 32.2. The molecule has 0 aliphatic rings. The third-order valence-corrected chi connectivity index (χ3v) is 3.77. The molecule has 0 aliphatic heterocycles. The second-order valence-corrected chi connectivity index (χ2v) is 5.76. The molecule has 1 rings (SSSR count). The molecule has 1 aromatic carbocycles. The van der Waals surface area contributed by atoms with Gasteiger partial charge in [0.2, 0.25) is 10.0 Å². The third kappa shape index (κ3) is 3.01. The summed E-state index contributed by atoms with van der Waals surface area (Å²) >= 11 is 4.82. The summed E-state index contributed by atoms with van der Waals surface area (Å²) in [5.74, 6) is 0. The van der Waals surface area contributed by atoms with E-state index >= 15 is 0 Å². The van der Waals surface area contributed by atoms with Crippen LogP contribution in [0, 0.1) is 0 Å². The Morgan fingerprint density at radius 1 is 1.38 bits per heavy atom. The molecule has 0 saturated heterocycles. The summed E-state index contributed by atoms with van der Waals surface area (Å²) < 4.78 is 26.4. The van der Waals surface area contributed by atoms with E-state index in [0.29, 0.717) is 5.56 Å². The fourth-order valence-electron chi connectivity index (χ4n) is 1.28. The number of nitrogens with one attached hydrogen (secondary N) is 1. The average Bonchev–Trinajstić information content (AvgIpc) is 2.15. The Morgan fingerprint density at radius 2 is 1.94 bits per heavy atom. The first-order valence-electron chi connectivity index (χ1n) is 4.76. The maximum Gasteiger partial charge on any atom is 0.241 e. The minimum Gasteiger partial charge on any atom is -0.389 e. The molecule has 88 valence electrons. The van der Waals surface area contributed by atoms with Gasteiger partial charge < -0.3 is 5.73 Å². The average molecular weight is 258 g/mol. The predicted molar refractivity (Wildman–Crippen MR) is 67.8 cm³/mol. The van der Waals surface area contributed by atoms with Crippen LogP contribution in [0.5, 0.6) is 0 Å². The van der Waals surface area contributed by atoms with Gasteiger partial charge in [-0.15, -0.1) is 0 Å². The van der Waals surface area contributed by atoms with Crippen LogP contribution in [-0.4, -0.2) is 19.4 Å². The molecule has 0 spiro atoms. The summed E-state index contributed by atoms with van der Waals surface area (Å²) in [5, 5.41) is 0. The van der Waals surface area contributed by atoms with Crippen molar-refractivity contribution < 1.29 is 8.42 Å². The molecule has 0 atom stereocenters. The van der Waals surface area contributed by atoms with Crippen LogP contribution in [0.15, 0.2) is 29.2 Å². The Balaban J connectivity index is 3.28. The first kappa shape index (κ1) is 13.1. The second-order valence-electron chi connectivity index (χ2n) is 3.64. The summed E-state index contributed by atoms with van der Waals surface area (Å²) in [6, 6.07) is 6.24. The van der Waals surface area contributed by atoms with Gasteiger partial charge in [0.15, 0.2) is 0 Å². The van der Waals surface area contributed by atoms with Crippen molar-refractivity contribution in [1.29, 1.82) is 0 Å². The Kier molecular flexibility index (Phi) is 4.01. The Morgan fingerprint density at radius 3 is 2.44 bits per heavy atom. The summed E-state index contributed by atoms with van der Waals surface area (Å²) in [6.45, 7) is 3.50. The molecule has 0 amide bonds. The molecule has 4 nitrogen and oxygen atoms in total. The van der Waals surface area contributed by atoms with E-state index in [9.17, 15) is 8.42 Å². The molecule has 3 N–H and O–H groups in total. The van der Waals surface area contributed by atoms with Gasteiger partial charge in [0, 0.05) is 11.6 Å². The highest BCUT2D eigenvalue weighted by molar-refractivity contribution is 7.89. The molecule has 16 heavy (non-hydrogen) atoms.